The third-order valence-corrected chi connectivity index (χ3v) is 5.45. The molecule has 1 aliphatic rings. The van der Waals surface area contributed by atoms with E-state index in [2.05, 4.69) is 10.3 Å². The average Bonchev–Trinajstić information content (AvgIpc) is 2.39. The Kier molecular flexibility index (Phi) is 4.21. The van der Waals surface area contributed by atoms with Crippen LogP contribution in [0.25, 0.3) is 0 Å². The molecule has 0 aromatic carbocycles. The fourth-order valence-corrected chi connectivity index (χ4v) is 3.93. The molecule has 1 aromatic heterocycles. The molecule has 100 valence electrons. The number of aromatic nitrogens is 1. The molecule has 1 saturated heterocycles. The molecule has 0 bridgehead atoms. The van der Waals surface area contributed by atoms with E-state index in [4.69, 9.17) is 11.6 Å². The van der Waals surface area contributed by atoms with Crippen LogP contribution in [0, 0.1) is 0 Å². The summed E-state index contributed by atoms with van der Waals surface area (Å²) in [5, 5.41) is 3.29. The first-order chi connectivity index (χ1) is 8.55. The quantitative estimate of drug-likeness (QED) is 0.905. The van der Waals surface area contributed by atoms with E-state index in [9.17, 15) is 8.42 Å². The Labute approximate surface area is 112 Å². The first-order valence-corrected chi connectivity index (χ1v) is 7.65. The summed E-state index contributed by atoms with van der Waals surface area (Å²) in [5.74, 6) is 0. The summed E-state index contributed by atoms with van der Waals surface area (Å²) in [4.78, 5) is 3.89. The second-order valence-corrected chi connectivity index (χ2v) is 6.52. The van der Waals surface area contributed by atoms with Crippen LogP contribution in [0.2, 0.25) is 5.02 Å². The molecule has 1 aromatic rings. The molecule has 1 fully saturated rings. The zero-order valence-corrected chi connectivity index (χ0v) is 11.7. The highest BCUT2D eigenvalue weighted by atomic mass is 35.5. The lowest BCUT2D eigenvalue weighted by Gasteiger charge is -2.30. The summed E-state index contributed by atoms with van der Waals surface area (Å²) < 4.78 is 26.2. The lowest BCUT2D eigenvalue weighted by molar-refractivity contribution is 0.298. The van der Waals surface area contributed by atoms with Crippen molar-refractivity contribution in [1.29, 1.82) is 0 Å². The first kappa shape index (κ1) is 13.7. The lowest BCUT2D eigenvalue weighted by atomic mass is 10.1. The van der Waals surface area contributed by atoms with Crippen LogP contribution in [-0.4, -0.2) is 43.9 Å². The lowest BCUT2D eigenvalue weighted by Crippen LogP contribution is -2.44. The van der Waals surface area contributed by atoms with Crippen LogP contribution in [0.4, 0.5) is 0 Å². The molecule has 0 atom stereocenters. The summed E-state index contributed by atoms with van der Waals surface area (Å²) in [6.45, 7) is 1.00. The highest BCUT2D eigenvalue weighted by Gasteiger charge is 2.31. The van der Waals surface area contributed by atoms with E-state index < -0.39 is 10.0 Å². The van der Waals surface area contributed by atoms with E-state index in [0.29, 0.717) is 19.1 Å². The largest absolute Gasteiger partial charge is 0.317 e. The molecule has 0 radical (unpaired) electrons. The number of hydrogen-bond donors (Lipinski definition) is 1. The van der Waals surface area contributed by atoms with Crippen molar-refractivity contribution in [2.45, 2.75) is 23.9 Å². The molecule has 5 nitrogen and oxygen atoms in total. The monoisotopic (exact) mass is 289 g/mol. The second-order valence-electron chi connectivity index (χ2n) is 4.26. The molecule has 7 heteroatoms. The van der Waals surface area contributed by atoms with Gasteiger partial charge in [-0.05, 0) is 32.0 Å². The van der Waals surface area contributed by atoms with Gasteiger partial charge in [0.1, 0.15) is 0 Å². The number of nitrogens with one attached hydrogen (secondary N) is 1. The van der Waals surface area contributed by atoms with Gasteiger partial charge in [-0.3, -0.25) is 0 Å². The van der Waals surface area contributed by atoms with Crippen LogP contribution in [0.15, 0.2) is 23.4 Å². The molecular weight excluding hydrogens is 274 g/mol. The summed E-state index contributed by atoms with van der Waals surface area (Å²) >= 11 is 5.90. The van der Waals surface area contributed by atoms with Gasteiger partial charge >= 0.3 is 0 Å². The first-order valence-electron chi connectivity index (χ1n) is 5.83. The maximum absolute atomic E-state index is 12.4. The summed E-state index contributed by atoms with van der Waals surface area (Å²) in [6.07, 6.45) is 3.06. The Balaban J connectivity index is 2.20. The average molecular weight is 290 g/mol. The van der Waals surface area contributed by atoms with Gasteiger partial charge in [0.05, 0.1) is 5.02 Å². The Morgan fingerprint density at radius 3 is 2.67 bits per heavy atom. The van der Waals surface area contributed by atoms with E-state index in [0.717, 1.165) is 12.8 Å². The third-order valence-electron chi connectivity index (χ3n) is 3.17. The van der Waals surface area contributed by atoms with Gasteiger partial charge in [-0.2, -0.15) is 4.31 Å². The summed E-state index contributed by atoms with van der Waals surface area (Å²) in [7, 11) is -1.67. The van der Waals surface area contributed by atoms with Gasteiger partial charge in [0.15, 0.2) is 5.03 Å². The molecule has 2 heterocycles. The topological polar surface area (TPSA) is 62.3 Å². The number of hydrogen-bond acceptors (Lipinski definition) is 4. The van der Waals surface area contributed by atoms with E-state index in [1.807, 2.05) is 7.05 Å². The maximum Gasteiger partial charge on any atom is 0.262 e. The number of rotatable bonds is 3. The predicted octanol–water partition coefficient (Wildman–Crippen LogP) is 1.11. The number of sulfonamides is 1. The van der Waals surface area contributed by atoms with Gasteiger partial charge < -0.3 is 5.32 Å². The SMILES string of the molecule is CNC1CCN(S(=O)(=O)c2ncccc2Cl)CC1. The Morgan fingerprint density at radius 1 is 1.44 bits per heavy atom. The van der Waals surface area contributed by atoms with Crippen LogP contribution >= 0.6 is 11.6 Å². The van der Waals surface area contributed by atoms with Gasteiger partial charge in [-0.25, -0.2) is 13.4 Å². The molecule has 0 aliphatic carbocycles. The molecule has 0 spiro atoms. The summed E-state index contributed by atoms with van der Waals surface area (Å²) in [5.41, 5.74) is 0. The molecular formula is C11H16ClN3O2S. The molecule has 18 heavy (non-hydrogen) atoms. The van der Waals surface area contributed by atoms with Crippen LogP contribution in [-0.2, 0) is 10.0 Å². The van der Waals surface area contributed by atoms with Crippen molar-refractivity contribution in [2.75, 3.05) is 20.1 Å². The number of nitrogens with zero attached hydrogens (tertiary/aromatic N) is 2. The van der Waals surface area contributed by atoms with Crippen LogP contribution in [0.5, 0.6) is 0 Å². The van der Waals surface area contributed by atoms with E-state index in [1.54, 1.807) is 12.1 Å². The van der Waals surface area contributed by atoms with Gasteiger partial charge in [0.25, 0.3) is 10.0 Å². The van der Waals surface area contributed by atoms with E-state index in [-0.39, 0.29) is 10.0 Å². The normalized spacial score (nSPS) is 19.0. The van der Waals surface area contributed by atoms with Crippen LogP contribution in [0.3, 0.4) is 0 Å². The smallest absolute Gasteiger partial charge is 0.262 e. The number of piperidine rings is 1. The predicted molar refractivity (Wildman–Crippen MR) is 70.1 cm³/mol. The van der Waals surface area contributed by atoms with Gasteiger partial charge in [-0.15, -0.1) is 0 Å². The maximum atomic E-state index is 12.4. The fraction of sp³-hybridized carbons (Fsp3) is 0.545. The minimum atomic E-state index is -3.56. The van der Waals surface area contributed by atoms with Gasteiger partial charge in [0, 0.05) is 25.3 Å². The van der Waals surface area contributed by atoms with Crippen LogP contribution < -0.4 is 5.32 Å². The highest BCUT2D eigenvalue weighted by Crippen LogP contribution is 2.24. The minimum absolute atomic E-state index is 0.0467. The highest BCUT2D eigenvalue weighted by molar-refractivity contribution is 7.89. The molecule has 1 N–H and O–H groups in total. The van der Waals surface area contributed by atoms with Gasteiger partial charge in [0.2, 0.25) is 0 Å². The van der Waals surface area contributed by atoms with Crippen LogP contribution in [0.1, 0.15) is 12.8 Å². The number of pyridine rings is 1. The van der Waals surface area contributed by atoms with Crippen molar-refractivity contribution in [1.82, 2.24) is 14.6 Å². The molecule has 1 aliphatic heterocycles. The Hall–Kier alpha value is -0.690. The zero-order valence-electron chi connectivity index (χ0n) is 10.1. The summed E-state index contributed by atoms with van der Waals surface area (Å²) in [6, 6.07) is 3.55. The van der Waals surface area contributed by atoms with Crippen molar-refractivity contribution in [3.63, 3.8) is 0 Å². The van der Waals surface area contributed by atoms with E-state index in [1.165, 1.54) is 10.5 Å². The third kappa shape index (κ3) is 2.66. The molecule has 0 amide bonds. The fourth-order valence-electron chi connectivity index (χ4n) is 2.07. The van der Waals surface area contributed by atoms with E-state index >= 15 is 0 Å². The zero-order chi connectivity index (χ0) is 13.2. The molecule has 2 rings (SSSR count). The van der Waals surface area contributed by atoms with Gasteiger partial charge in [-0.1, -0.05) is 11.6 Å². The van der Waals surface area contributed by atoms with Crippen molar-refractivity contribution < 1.29 is 8.42 Å². The molecule has 0 saturated carbocycles. The molecule has 0 unspecified atom stereocenters. The Morgan fingerprint density at radius 2 is 2.11 bits per heavy atom. The van der Waals surface area contributed by atoms with Crippen molar-refractivity contribution in [2.24, 2.45) is 0 Å². The van der Waals surface area contributed by atoms with Crippen molar-refractivity contribution in [3.8, 4) is 0 Å². The number of halogens is 1. The Bertz CT molecular complexity index is 513. The van der Waals surface area contributed by atoms with Crippen molar-refractivity contribution in [3.05, 3.63) is 23.4 Å². The standard InChI is InChI=1S/C11H16ClN3O2S/c1-13-9-4-7-15(8-5-9)18(16,17)11-10(12)3-2-6-14-11/h2-3,6,9,13H,4-5,7-8H2,1H3. The second kappa shape index (κ2) is 5.52. The van der Waals surface area contributed by atoms with Crippen molar-refractivity contribution >= 4 is 21.6 Å². The minimum Gasteiger partial charge on any atom is -0.317 e.